The molecule has 0 bridgehead atoms. The van der Waals surface area contributed by atoms with Crippen LogP contribution in [0.1, 0.15) is 10.4 Å². The number of methoxy groups -OCH3 is 1. The van der Waals surface area contributed by atoms with Gasteiger partial charge in [0.05, 0.1) is 12.2 Å². The van der Waals surface area contributed by atoms with E-state index < -0.39 is 0 Å². The molecule has 76 valence electrons. The minimum absolute atomic E-state index is 0.137. The lowest BCUT2D eigenvalue weighted by Gasteiger charge is -2.03. The molecule has 0 saturated carbocycles. The lowest BCUT2D eigenvalue weighted by molar-refractivity contribution is 0.0936. The van der Waals surface area contributed by atoms with Crippen LogP contribution in [0, 0.1) is 0 Å². The predicted octanol–water partition coefficient (Wildman–Crippen LogP) is 1.22. The molecule has 0 aliphatic carbocycles. The van der Waals surface area contributed by atoms with Gasteiger partial charge in [0.15, 0.2) is 0 Å². The number of carbonyl (C=O) groups is 1. The lowest BCUT2D eigenvalue weighted by atomic mass is 10.3. The summed E-state index contributed by atoms with van der Waals surface area (Å²) in [5, 5.41) is 2.70. The Bertz CT molecular complexity index is 300. The van der Waals surface area contributed by atoms with Gasteiger partial charge >= 0.3 is 0 Å². The number of nitrogens with one attached hydrogen (secondary N) is 1. The van der Waals surface area contributed by atoms with Crippen LogP contribution in [0.25, 0.3) is 0 Å². The van der Waals surface area contributed by atoms with Crippen molar-refractivity contribution >= 4 is 21.8 Å². The fraction of sp³-hybridized carbons (Fsp3) is 0.333. The average molecular weight is 259 g/mol. The highest BCUT2D eigenvalue weighted by molar-refractivity contribution is 9.10. The van der Waals surface area contributed by atoms with Crippen molar-refractivity contribution in [2.45, 2.75) is 0 Å². The van der Waals surface area contributed by atoms with Crippen LogP contribution in [0.4, 0.5) is 0 Å². The molecule has 0 atom stereocenters. The summed E-state index contributed by atoms with van der Waals surface area (Å²) in [7, 11) is 1.59. The number of halogens is 1. The van der Waals surface area contributed by atoms with Gasteiger partial charge in [0.25, 0.3) is 5.91 Å². The number of carbonyl (C=O) groups excluding carboxylic acids is 1. The molecular formula is C9H11BrN2O2. The standard InChI is InChI=1S/C9H11BrN2O2/c1-14-5-4-11-9(13)7-2-3-8(10)12-6-7/h2-3,6H,4-5H2,1H3,(H,11,13). The van der Waals surface area contributed by atoms with E-state index in [1.165, 1.54) is 6.20 Å². The molecule has 0 saturated heterocycles. The Balaban J connectivity index is 2.48. The summed E-state index contributed by atoms with van der Waals surface area (Å²) in [6, 6.07) is 3.43. The van der Waals surface area contributed by atoms with Crippen molar-refractivity contribution in [3.63, 3.8) is 0 Å². The van der Waals surface area contributed by atoms with Crippen molar-refractivity contribution in [3.05, 3.63) is 28.5 Å². The molecule has 1 N–H and O–H groups in total. The molecule has 0 fully saturated rings. The number of pyridine rings is 1. The van der Waals surface area contributed by atoms with E-state index in [4.69, 9.17) is 4.74 Å². The number of hydrogen-bond donors (Lipinski definition) is 1. The Labute approximate surface area is 90.8 Å². The van der Waals surface area contributed by atoms with Crippen molar-refractivity contribution in [1.82, 2.24) is 10.3 Å². The van der Waals surface area contributed by atoms with Gasteiger partial charge in [0.1, 0.15) is 4.60 Å². The van der Waals surface area contributed by atoms with Gasteiger partial charge in [-0.1, -0.05) is 0 Å². The maximum absolute atomic E-state index is 11.4. The zero-order chi connectivity index (χ0) is 10.4. The number of amides is 1. The highest BCUT2D eigenvalue weighted by atomic mass is 79.9. The predicted molar refractivity (Wildman–Crippen MR) is 56.1 cm³/mol. The number of aromatic nitrogens is 1. The van der Waals surface area contributed by atoms with Crippen LogP contribution in [0.5, 0.6) is 0 Å². The van der Waals surface area contributed by atoms with Crippen molar-refractivity contribution in [2.75, 3.05) is 20.3 Å². The van der Waals surface area contributed by atoms with E-state index in [1.54, 1.807) is 19.2 Å². The second-order valence-corrected chi connectivity index (χ2v) is 3.43. The van der Waals surface area contributed by atoms with Crippen molar-refractivity contribution in [2.24, 2.45) is 0 Å². The van der Waals surface area contributed by atoms with Crippen molar-refractivity contribution in [1.29, 1.82) is 0 Å². The molecule has 1 aromatic rings. The van der Waals surface area contributed by atoms with Crippen molar-refractivity contribution in [3.8, 4) is 0 Å². The molecule has 0 aliphatic heterocycles. The SMILES string of the molecule is COCCNC(=O)c1ccc(Br)nc1. The van der Waals surface area contributed by atoms with E-state index in [2.05, 4.69) is 26.2 Å². The molecule has 0 aromatic carbocycles. The Morgan fingerprint density at radius 1 is 1.64 bits per heavy atom. The van der Waals surface area contributed by atoms with Gasteiger partial charge in [-0.2, -0.15) is 0 Å². The molecule has 0 aliphatic rings. The fourth-order valence-corrected chi connectivity index (χ4v) is 1.11. The average Bonchev–Trinajstić information content (AvgIpc) is 2.19. The zero-order valence-corrected chi connectivity index (χ0v) is 9.37. The first-order chi connectivity index (χ1) is 6.74. The first-order valence-corrected chi connectivity index (χ1v) is 4.92. The van der Waals surface area contributed by atoms with Crippen LogP contribution >= 0.6 is 15.9 Å². The monoisotopic (exact) mass is 258 g/mol. The first kappa shape index (κ1) is 11.1. The van der Waals surface area contributed by atoms with E-state index in [0.29, 0.717) is 23.3 Å². The third-order valence-electron chi connectivity index (χ3n) is 1.58. The molecule has 5 heteroatoms. The summed E-state index contributed by atoms with van der Waals surface area (Å²) in [5.41, 5.74) is 0.546. The van der Waals surface area contributed by atoms with E-state index in [-0.39, 0.29) is 5.91 Å². The summed E-state index contributed by atoms with van der Waals surface area (Å²) in [4.78, 5) is 15.4. The maximum atomic E-state index is 11.4. The third kappa shape index (κ3) is 3.43. The van der Waals surface area contributed by atoms with Gasteiger partial charge in [-0.25, -0.2) is 4.98 Å². The maximum Gasteiger partial charge on any atom is 0.252 e. The molecule has 0 radical (unpaired) electrons. The highest BCUT2D eigenvalue weighted by Gasteiger charge is 2.03. The van der Waals surface area contributed by atoms with E-state index in [9.17, 15) is 4.79 Å². The summed E-state index contributed by atoms with van der Waals surface area (Å²) in [6.45, 7) is 1.01. The van der Waals surface area contributed by atoms with Gasteiger partial charge in [-0.05, 0) is 28.1 Å². The molecule has 1 aromatic heterocycles. The molecular weight excluding hydrogens is 248 g/mol. The number of hydrogen-bond acceptors (Lipinski definition) is 3. The molecule has 4 nitrogen and oxygen atoms in total. The molecule has 1 heterocycles. The van der Waals surface area contributed by atoms with E-state index in [1.807, 2.05) is 0 Å². The van der Waals surface area contributed by atoms with Crippen LogP contribution < -0.4 is 5.32 Å². The summed E-state index contributed by atoms with van der Waals surface area (Å²) >= 11 is 3.20. The Hall–Kier alpha value is -0.940. The van der Waals surface area contributed by atoms with Crippen LogP contribution in [-0.4, -0.2) is 31.2 Å². The van der Waals surface area contributed by atoms with Crippen molar-refractivity contribution < 1.29 is 9.53 Å². The number of ether oxygens (including phenoxy) is 1. The smallest absolute Gasteiger partial charge is 0.252 e. The molecule has 1 rings (SSSR count). The largest absolute Gasteiger partial charge is 0.383 e. The summed E-state index contributed by atoms with van der Waals surface area (Å²) < 4.78 is 5.52. The zero-order valence-electron chi connectivity index (χ0n) is 7.79. The van der Waals surface area contributed by atoms with Gasteiger partial charge in [-0.3, -0.25) is 4.79 Å². The molecule has 0 spiro atoms. The van der Waals surface area contributed by atoms with Crippen LogP contribution in [0.3, 0.4) is 0 Å². The van der Waals surface area contributed by atoms with E-state index >= 15 is 0 Å². The Kier molecular flexibility index (Phi) is 4.55. The molecule has 0 unspecified atom stereocenters. The second kappa shape index (κ2) is 5.72. The molecule has 14 heavy (non-hydrogen) atoms. The minimum Gasteiger partial charge on any atom is -0.383 e. The molecule has 1 amide bonds. The van der Waals surface area contributed by atoms with Gasteiger partial charge < -0.3 is 10.1 Å². The number of rotatable bonds is 4. The van der Waals surface area contributed by atoms with Gasteiger partial charge in [0, 0.05) is 19.9 Å². The minimum atomic E-state index is -0.137. The fourth-order valence-electron chi connectivity index (χ4n) is 0.879. The van der Waals surface area contributed by atoms with E-state index in [0.717, 1.165) is 0 Å². The highest BCUT2D eigenvalue weighted by Crippen LogP contribution is 2.05. The van der Waals surface area contributed by atoms with Gasteiger partial charge in [-0.15, -0.1) is 0 Å². The first-order valence-electron chi connectivity index (χ1n) is 4.12. The van der Waals surface area contributed by atoms with Crippen LogP contribution in [-0.2, 0) is 4.74 Å². The quantitative estimate of drug-likeness (QED) is 0.653. The second-order valence-electron chi connectivity index (χ2n) is 2.62. The lowest BCUT2D eigenvalue weighted by Crippen LogP contribution is -2.26. The van der Waals surface area contributed by atoms with Crippen LogP contribution in [0.2, 0.25) is 0 Å². The van der Waals surface area contributed by atoms with Crippen LogP contribution in [0.15, 0.2) is 22.9 Å². The Morgan fingerprint density at radius 2 is 2.43 bits per heavy atom. The Morgan fingerprint density at radius 3 is 3.00 bits per heavy atom. The normalized spacial score (nSPS) is 9.86. The van der Waals surface area contributed by atoms with Gasteiger partial charge in [0.2, 0.25) is 0 Å². The number of nitrogens with zero attached hydrogens (tertiary/aromatic N) is 1. The topological polar surface area (TPSA) is 51.2 Å². The third-order valence-corrected chi connectivity index (χ3v) is 2.05. The summed E-state index contributed by atoms with van der Waals surface area (Å²) in [5.74, 6) is -0.137. The summed E-state index contributed by atoms with van der Waals surface area (Å²) in [6.07, 6.45) is 1.52.